The fraction of sp³-hybridized carbons (Fsp3) is 0.294. The van der Waals surface area contributed by atoms with Gasteiger partial charge in [0.2, 0.25) is 0 Å². The van der Waals surface area contributed by atoms with E-state index in [0.717, 1.165) is 39.3 Å². The maximum Gasteiger partial charge on any atom is 0.338 e. The molecule has 0 saturated heterocycles. The molecular weight excluding hydrogens is 296 g/mol. The van der Waals surface area contributed by atoms with E-state index < -0.39 is 0 Å². The second-order valence-electron chi connectivity index (χ2n) is 5.30. The molecule has 1 N–H and O–H groups in total. The Morgan fingerprint density at radius 3 is 2.91 bits per heavy atom. The summed E-state index contributed by atoms with van der Waals surface area (Å²) in [5, 5.41) is 4.06. The van der Waals surface area contributed by atoms with E-state index in [1.54, 1.807) is 17.4 Å². The Hall–Kier alpha value is -2.14. The minimum atomic E-state index is -0.314. The van der Waals surface area contributed by atoms with E-state index in [1.165, 1.54) is 0 Å². The summed E-state index contributed by atoms with van der Waals surface area (Å²) in [7, 11) is 0. The second-order valence-corrected chi connectivity index (χ2v) is 6.24. The number of nitrogens with zero attached hydrogens (tertiary/aromatic N) is 1. The van der Waals surface area contributed by atoms with Crippen LogP contribution >= 0.6 is 11.3 Å². The Kier molecular flexibility index (Phi) is 3.98. The standard InChI is InChI=1S/C17H18N2O2S/c1-4-16-19-13(9-22-16)8-21-17(20)12-5-6-15-14(7-12)10(2)11(3)18-15/h5-7,9,18H,4,8H2,1-3H3. The zero-order valence-corrected chi connectivity index (χ0v) is 13.7. The third-order valence-corrected chi connectivity index (χ3v) is 4.84. The number of rotatable bonds is 4. The predicted octanol–water partition coefficient (Wildman–Crippen LogP) is 4.16. The van der Waals surface area contributed by atoms with Crippen molar-refractivity contribution in [3.8, 4) is 0 Å². The largest absolute Gasteiger partial charge is 0.456 e. The lowest BCUT2D eigenvalue weighted by Gasteiger charge is -2.03. The van der Waals surface area contributed by atoms with Crippen LogP contribution in [0.5, 0.6) is 0 Å². The fourth-order valence-corrected chi connectivity index (χ4v) is 3.12. The number of H-pyrrole nitrogens is 1. The first kappa shape index (κ1) is 14.8. The number of thiazole rings is 1. The van der Waals surface area contributed by atoms with Crippen LogP contribution in [0.15, 0.2) is 23.6 Å². The van der Waals surface area contributed by atoms with Gasteiger partial charge in [0.05, 0.1) is 16.3 Å². The molecule has 22 heavy (non-hydrogen) atoms. The molecule has 0 aliphatic carbocycles. The highest BCUT2D eigenvalue weighted by molar-refractivity contribution is 7.09. The highest BCUT2D eigenvalue weighted by atomic mass is 32.1. The van der Waals surface area contributed by atoms with Gasteiger partial charge in [0.25, 0.3) is 0 Å². The lowest BCUT2D eigenvalue weighted by atomic mass is 10.1. The van der Waals surface area contributed by atoms with E-state index in [0.29, 0.717) is 5.56 Å². The zero-order chi connectivity index (χ0) is 15.7. The average molecular weight is 314 g/mol. The number of hydrogen-bond donors (Lipinski definition) is 1. The molecule has 3 rings (SSSR count). The van der Waals surface area contributed by atoms with Crippen molar-refractivity contribution >= 4 is 28.2 Å². The van der Waals surface area contributed by atoms with Crippen molar-refractivity contribution in [2.45, 2.75) is 33.8 Å². The topological polar surface area (TPSA) is 55.0 Å². The molecule has 1 aromatic carbocycles. The van der Waals surface area contributed by atoms with Gasteiger partial charge in [0, 0.05) is 22.0 Å². The molecule has 0 fully saturated rings. The Morgan fingerprint density at radius 1 is 1.36 bits per heavy atom. The van der Waals surface area contributed by atoms with Gasteiger partial charge >= 0.3 is 5.97 Å². The van der Waals surface area contributed by atoms with Crippen LogP contribution < -0.4 is 0 Å². The lowest BCUT2D eigenvalue weighted by molar-refractivity contribution is 0.0468. The number of hydrogen-bond acceptors (Lipinski definition) is 4. The van der Waals surface area contributed by atoms with Gasteiger partial charge in [-0.05, 0) is 44.0 Å². The summed E-state index contributed by atoms with van der Waals surface area (Å²) >= 11 is 1.60. The third kappa shape index (κ3) is 2.76. The molecule has 3 aromatic rings. The minimum absolute atomic E-state index is 0.221. The summed E-state index contributed by atoms with van der Waals surface area (Å²) in [6.07, 6.45) is 0.904. The number of carbonyl (C=O) groups is 1. The minimum Gasteiger partial charge on any atom is -0.456 e. The van der Waals surface area contributed by atoms with E-state index in [4.69, 9.17) is 4.74 Å². The van der Waals surface area contributed by atoms with E-state index in [2.05, 4.69) is 16.9 Å². The van der Waals surface area contributed by atoms with Crippen LogP contribution in [0, 0.1) is 13.8 Å². The number of aromatic nitrogens is 2. The van der Waals surface area contributed by atoms with Crippen LogP contribution in [0.4, 0.5) is 0 Å². The van der Waals surface area contributed by atoms with Crippen molar-refractivity contribution in [3.05, 3.63) is 51.1 Å². The fourth-order valence-electron chi connectivity index (χ4n) is 2.39. The number of nitrogens with one attached hydrogen (secondary N) is 1. The maximum absolute atomic E-state index is 12.2. The van der Waals surface area contributed by atoms with Gasteiger partial charge in [0.1, 0.15) is 6.61 Å². The van der Waals surface area contributed by atoms with E-state index >= 15 is 0 Å². The summed E-state index contributed by atoms with van der Waals surface area (Å²) in [6.45, 7) is 6.36. The van der Waals surface area contributed by atoms with Crippen molar-refractivity contribution < 1.29 is 9.53 Å². The first-order valence-corrected chi connectivity index (χ1v) is 8.15. The van der Waals surface area contributed by atoms with Gasteiger partial charge in [-0.2, -0.15) is 0 Å². The molecule has 0 amide bonds. The zero-order valence-electron chi connectivity index (χ0n) is 12.9. The van der Waals surface area contributed by atoms with Gasteiger partial charge in [-0.3, -0.25) is 0 Å². The summed E-state index contributed by atoms with van der Waals surface area (Å²) in [5.74, 6) is -0.314. The van der Waals surface area contributed by atoms with Crippen LogP contribution in [0.1, 0.15) is 39.2 Å². The number of fused-ring (bicyclic) bond motifs is 1. The van der Waals surface area contributed by atoms with Crippen LogP contribution in [0.25, 0.3) is 10.9 Å². The molecular formula is C17H18N2O2S. The molecule has 114 valence electrons. The Morgan fingerprint density at radius 2 is 2.18 bits per heavy atom. The number of esters is 1. The molecule has 0 bridgehead atoms. The molecule has 4 nitrogen and oxygen atoms in total. The van der Waals surface area contributed by atoms with E-state index in [9.17, 15) is 4.79 Å². The van der Waals surface area contributed by atoms with Gasteiger partial charge < -0.3 is 9.72 Å². The SMILES string of the molecule is CCc1nc(COC(=O)c2ccc3[nH]c(C)c(C)c3c2)cs1. The molecule has 5 heteroatoms. The molecule has 0 aliphatic rings. The summed E-state index contributed by atoms with van der Waals surface area (Å²) in [6, 6.07) is 5.59. The van der Waals surface area contributed by atoms with Crippen molar-refractivity contribution in [2.75, 3.05) is 0 Å². The lowest BCUT2D eigenvalue weighted by Crippen LogP contribution is -2.05. The monoisotopic (exact) mass is 314 g/mol. The first-order chi connectivity index (χ1) is 10.6. The molecule has 0 spiro atoms. The smallest absolute Gasteiger partial charge is 0.338 e. The van der Waals surface area contributed by atoms with Gasteiger partial charge in [-0.15, -0.1) is 11.3 Å². The highest BCUT2D eigenvalue weighted by Gasteiger charge is 2.12. The molecule has 2 heterocycles. The van der Waals surface area contributed by atoms with Crippen molar-refractivity contribution in [3.63, 3.8) is 0 Å². The molecule has 0 saturated carbocycles. The number of ether oxygens (including phenoxy) is 1. The first-order valence-electron chi connectivity index (χ1n) is 7.27. The van der Waals surface area contributed by atoms with Gasteiger partial charge in [0.15, 0.2) is 0 Å². The van der Waals surface area contributed by atoms with Gasteiger partial charge in [-0.25, -0.2) is 9.78 Å². The summed E-state index contributed by atoms with van der Waals surface area (Å²) in [5.41, 5.74) is 4.70. The molecule has 0 radical (unpaired) electrons. The summed E-state index contributed by atoms with van der Waals surface area (Å²) < 4.78 is 5.36. The molecule has 0 atom stereocenters. The Bertz CT molecular complexity index is 832. The maximum atomic E-state index is 12.2. The van der Waals surface area contributed by atoms with E-state index in [-0.39, 0.29) is 12.6 Å². The van der Waals surface area contributed by atoms with Crippen molar-refractivity contribution in [1.29, 1.82) is 0 Å². The second kappa shape index (κ2) is 5.93. The van der Waals surface area contributed by atoms with E-state index in [1.807, 2.05) is 31.4 Å². The molecule has 2 aromatic heterocycles. The van der Waals surface area contributed by atoms with Crippen LogP contribution in [0.2, 0.25) is 0 Å². The third-order valence-electron chi connectivity index (χ3n) is 3.80. The number of benzene rings is 1. The average Bonchev–Trinajstić information content (AvgIpc) is 3.10. The van der Waals surface area contributed by atoms with Crippen LogP contribution in [-0.4, -0.2) is 15.9 Å². The van der Waals surface area contributed by atoms with Crippen LogP contribution in [-0.2, 0) is 17.8 Å². The normalized spacial score (nSPS) is 11.0. The highest BCUT2D eigenvalue weighted by Crippen LogP contribution is 2.23. The summed E-state index contributed by atoms with van der Waals surface area (Å²) in [4.78, 5) is 19.9. The predicted molar refractivity (Wildman–Crippen MR) is 88.4 cm³/mol. The quantitative estimate of drug-likeness (QED) is 0.736. The van der Waals surface area contributed by atoms with Gasteiger partial charge in [-0.1, -0.05) is 6.92 Å². The Labute approximate surface area is 133 Å². The van der Waals surface area contributed by atoms with Crippen LogP contribution in [0.3, 0.4) is 0 Å². The molecule has 0 unspecified atom stereocenters. The number of carbonyl (C=O) groups excluding carboxylic acids is 1. The molecule has 0 aliphatic heterocycles. The Balaban J connectivity index is 1.75. The van der Waals surface area contributed by atoms with Crippen molar-refractivity contribution in [1.82, 2.24) is 9.97 Å². The number of aromatic amines is 1. The number of aryl methyl sites for hydroxylation is 3. The van der Waals surface area contributed by atoms with Crippen molar-refractivity contribution in [2.24, 2.45) is 0 Å².